The van der Waals surface area contributed by atoms with Crippen LogP contribution in [0.4, 0.5) is 0 Å². The highest BCUT2D eigenvalue weighted by Crippen LogP contribution is 2.49. The summed E-state index contributed by atoms with van der Waals surface area (Å²) in [5.74, 6) is 0.00972. The molecule has 1 saturated carbocycles. The number of amides is 1. The van der Waals surface area contributed by atoms with Crippen molar-refractivity contribution in [3.8, 4) is 0 Å². The molecule has 2 fully saturated rings. The van der Waals surface area contributed by atoms with E-state index in [0.29, 0.717) is 19.0 Å². The van der Waals surface area contributed by atoms with Crippen LogP contribution in [0.3, 0.4) is 0 Å². The van der Waals surface area contributed by atoms with Crippen LogP contribution in [0.1, 0.15) is 52.9 Å². The number of rotatable bonds is 5. The highest BCUT2D eigenvalue weighted by atomic mass is 16.4. The van der Waals surface area contributed by atoms with E-state index in [1.54, 1.807) is 0 Å². The highest BCUT2D eigenvalue weighted by molar-refractivity contribution is 5.83. The Kier molecular flexibility index (Phi) is 4.40. The van der Waals surface area contributed by atoms with Gasteiger partial charge in [0.15, 0.2) is 0 Å². The van der Waals surface area contributed by atoms with E-state index in [1.807, 2.05) is 4.90 Å². The molecule has 1 heterocycles. The lowest BCUT2D eigenvalue weighted by Gasteiger charge is -2.27. The molecule has 1 amide bonds. The van der Waals surface area contributed by atoms with Gasteiger partial charge in [-0.05, 0) is 31.1 Å². The first-order valence-corrected chi connectivity index (χ1v) is 7.94. The number of aliphatic carboxylic acids is 1. The first kappa shape index (κ1) is 15.3. The minimum atomic E-state index is -0.702. The molecular formula is C16H27NO3. The van der Waals surface area contributed by atoms with Crippen LogP contribution in [0.25, 0.3) is 0 Å². The lowest BCUT2D eigenvalue weighted by molar-refractivity contribution is -0.149. The van der Waals surface area contributed by atoms with Crippen molar-refractivity contribution in [1.29, 1.82) is 0 Å². The number of carboxylic acid groups (broad SMARTS) is 1. The molecule has 2 rings (SSSR count). The summed E-state index contributed by atoms with van der Waals surface area (Å²) in [5, 5.41) is 9.59. The van der Waals surface area contributed by atoms with Crippen LogP contribution in [0.5, 0.6) is 0 Å². The van der Waals surface area contributed by atoms with Crippen molar-refractivity contribution in [3.05, 3.63) is 0 Å². The van der Waals surface area contributed by atoms with Crippen molar-refractivity contribution >= 4 is 11.9 Å². The largest absolute Gasteiger partial charge is 0.481 e. The van der Waals surface area contributed by atoms with E-state index >= 15 is 0 Å². The fourth-order valence-electron chi connectivity index (χ4n) is 4.09. The Labute approximate surface area is 121 Å². The second-order valence-electron chi connectivity index (χ2n) is 6.91. The van der Waals surface area contributed by atoms with Gasteiger partial charge < -0.3 is 10.0 Å². The summed E-state index contributed by atoms with van der Waals surface area (Å²) in [6, 6.07) is 0. The van der Waals surface area contributed by atoms with Crippen molar-refractivity contribution in [2.45, 2.75) is 52.9 Å². The minimum absolute atomic E-state index is 0.0460. The predicted molar refractivity (Wildman–Crippen MR) is 77.2 cm³/mol. The number of hydrogen-bond donors (Lipinski definition) is 1. The molecule has 4 nitrogen and oxygen atoms in total. The van der Waals surface area contributed by atoms with Gasteiger partial charge in [-0.2, -0.15) is 0 Å². The summed E-state index contributed by atoms with van der Waals surface area (Å²) in [4.78, 5) is 26.2. The first-order valence-electron chi connectivity index (χ1n) is 7.94. The Hall–Kier alpha value is -1.06. The molecule has 0 spiro atoms. The molecule has 3 atom stereocenters. The lowest BCUT2D eigenvalue weighted by atomic mass is 9.81. The maximum absolute atomic E-state index is 12.7. The number of hydrogen-bond acceptors (Lipinski definition) is 2. The molecule has 0 bridgehead atoms. The quantitative estimate of drug-likeness (QED) is 0.843. The topological polar surface area (TPSA) is 57.6 Å². The van der Waals surface area contributed by atoms with Crippen molar-refractivity contribution < 1.29 is 14.7 Å². The Bertz CT molecular complexity index is 393. The van der Waals surface area contributed by atoms with Gasteiger partial charge in [0.05, 0.1) is 5.41 Å². The fraction of sp³-hybridized carbons (Fsp3) is 0.875. The van der Waals surface area contributed by atoms with Crippen molar-refractivity contribution in [1.82, 2.24) is 4.90 Å². The molecule has 1 N–H and O–H groups in total. The number of carbonyl (C=O) groups excluding carboxylic acids is 1. The van der Waals surface area contributed by atoms with E-state index < -0.39 is 11.4 Å². The number of carbonyl (C=O) groups is 2. The number of fused-ring (bicyclic) bond motifs is 1. The SMILES string of the molecule is CCCC(C(=O)N1C[C@@H]2CCC[C@@]2(C(=O)O)C1)C(C)C. The number of nitrogens with zero attached hydrogens (tertiary/aromatic N) is 1. The summed E-state index contributed by atoms with van der Waals surface area (Å²) in [7, 11) is 0. The zero-order chi connectivity index (χ0) is 14.9. The third kappa shape index (κ3) is 2.45. The second-order valence-corrected chi connectivity index (χ2v) is 6.91. The van der Waals surface area contributed by atoms with E-state index in [9.17, 15) is 14.7 Å². The van der Waals surface area contributed by atoms with Gasteiger partial charge in [-0.1, -0.05) is 33.6 Å². The van der Waals surface area contributed by atoms with Crippen LogP contribution < -0.4 is 0 Å². The van der Waals surface area contributed by atoms with Crippen LogP contribution in [0.15, 0.2) is 0 Å². The van der Waals surface area contributed by atoms with E-state index in [1.165, 1.54) is 0 Å². The second kappa shape index (κ2) is 5.74. The lowest BCUT2D eigenvalue weighted by Crippen LogP contribution is -2.40. The van der Waals surface area contributed by atoms with Crippen molar-refractivity contribution in [2.24, 2.45) is 23.2 Å². The van der Waals surface area contributed by atoms with E-state index in [4.69, 9.17) is 0 Å². The molecule has 4 heteroatoms. The molecule has 0 radical (unpaired) electrons. The Morgan fingerprint density at radius 3 is 2.60 bits per heavy atom. The van der Waals surface area contributed by atoms with E-state index in [2.05, 4.69) is 20.8 Å². The van der Waals surface area contributed by atoms with Crippen molar-refractivity contribution in [3.63, 3.8) is 0 Å². The molecule has 20 heavy (non-hydrogen) atoms. The molecule has 2 aliphatic rings. The van der Waals surface area contributed by atoms with Gasteiger partial charge in [-0.25, -0.2) is 0 Å². The standard InChI is InChI=1S/C16H27NO3/c1-4-6-13(11(2)3)14(18)17-9-12-7-5-8-16(12,10-17)15(19)20/h11-13H,4-10H2,1-3H3,(H,19,20)/t12-,13?,16+/m0/s1. The van der Waals surface area contributed by atoms with Crippen LogP contribution in [0, 0.1) is 23.2 Å². The molecule has 1 aliphatic carbocycles. The summed E-state index contributed by atoms with van der Waals surface area (Å²) in [5.41, 5.74) is -0.649. The van der Waals surface area contributed by atoms with Gasteiger partial charge in [0, 0.05) is 19.0 Å². The smallest absolute Gasteiger partial charge is 0.311 e. The van der Waals surface area contributed by atoms with Crippen LogP contribution in [-0.4, -0.2) is 35.0 Å². The normalized spacial score (nSPS) is 30.6. The highest BCUT2D eigenvalue weighted by Gasteiger charge is 2.56. The third-order valence-corrected chi connectivity index (χ3v) is 5.33. The predicted octanol–water partition coefficient (Wildman–Crippen LogP) is 2.77. The number of likely N-dealkylation sites (tertiary alicyclic amines) is 1. The summed E-state index contributed by atoms with van der Waals surface area (Å²) < 4.78 is 0. The maximum Gasteiger partial charge on any atom is 0.311 e. The average Bonchev–Trinajstić information content (AvgIpc) is 2.91. The summed E-state index contributed by atoms with van der Waals surface area (Å²) in [6.45, 7) is 7.35. The van der Waals surface area contributed by atoms with Gasteiger partial charge in [0.2, 0.25) is 5.91 Å². The van der Waals surface area contributed by atoms with Crippen LogP contribution in [0.2, 0.25) is 0 Å². The Morgan fingerprint density at radius 1 is 1.40 bits per heavy atom. The monoisotopic (exact) mass is 281 g/mol. The zero-order valence-corrected chi connectivity index (χ0v) is 12.9. The molecule has 1 aliphatic heterocycles. The maximum atomic E-state index is 12.7. The van der Waals surface area contributed by atoms with Crippen LogP contribution >= 0.6 is 0 Å². The van der Waals surface area contributed by atoms with E-state index in [-0.39, 0.29) is 17.7 Å². The molecular weight excluding hydrogens is 254 g/mol. The van der Waals surface area contributed by atoms with E-state index in [0.717, 1.165) is 32.1 Å². The van der Waals surface area contributed by atoms with Gasteiger partial charge in [0.25, 0.3) is 0 Å². The minimum Gasteiger partial charge on any atom is -0.481 e. The molecule has 0 aromatic heterocycles. The summed E-state index contributed by atoms with van der Waals surface area (Å²) in [6.07, 6.45) is 4.57. The fourth-order valence-corrected chi connectivity index (χ4v) is 4.09. The molecule has 114 valence electrons. The van der Waals surface area contributed by atoms with Gasteiger partial charge in [-0.15, -0.1) is 0 Å². The molecule has 1 unspecified atom stereocenters. The van der Waals surface area contributed by atoms with Crippen LogP contribution in [-0.2, 0) is 9.59 Å². The Morgan fingerprint density at radius 2 is 2.10 bits per heavy atom. The third-order valence-electron chi connectivity index (χ3n) is 5.33. The molecule has 1 saturated heterocycles. The molecule has 0 aromatic rings. The average molecular weight is 281 g/mol. The Balaban J connectivity index is 2.12. The zero-order valence-electron chi connectivity index (χ0n) is 12.9. The van der Waals surface area contributed by atoms with Crippen molar-refractivity contribution in [2.75, 3.05) is 13.1 Å². The number of carboxylic acids is 1. The summed E-state index contributed by atoms with van der Waals surface area (Å²) >= 11 is 0. The van der Waals surface area contributed by atoms with Gasteiger partial charge >= 0.3 is 5.97 Å². The van der Waals surface area contributed by atoms with Gasteiger partial charge in [-0.3, -0.25) is 9.59 Å². The first-order chi connectivity index (χ1) is 9.42. The van der Waals surface area contributed by atoms with Gasteiger partial charge in [0.1, 0.15) is 0 Å². The molecule has 0 aromatic carbocycles.